The summed E-state index contributed by atoms with van der Waals surface area (Å²) in [5, 5.41) is 0. The van der Waals surface area contributed by atoms with Gasteiger partial charge in [0.15, 0.2) is 0 Å². The Kier molecular flexibility index (Phi) is 4.58. The van der Waals surface area contributed by atoms with Crippen molar-refractivity contribution in [1.29, 1.82) is 0 Å². The molecular formula is C16H21N3O. The maximum atomic E-state index is 6.10. The fraction of sp³-hybridized carbons (Fsp3) is 0.312. The number of rotatable bonds is 5. The van der Waals surface area contributed by atoms with Crippen LogP contribution in [0.4, 0.5) is 5.69 Å². The van der Waals surface area contributed by atoms with Gasteiger partial charge < -0.3 is 15.4 Å². The number of nitrogens with zero attached hydrogens (tertiary/aromatic N) is 2. The summed E-state index contributed by atoms with van der Waals surface area (Å²) in [5.74, 6) is 0.824. The Bertz CT molecular complexity index is 555. The van der Waals surface area contributed by atoms with Gasteiger partial charge in [0.2, 0.25) is 0 Å². The molecule has 2 aromatic rings. The van der Waals surface area contributed by atoms with Crippen LogP contribution in [0.25, 0.3) is 0 Å². The van der Waals surface area contributed by atoms with Gasteiger partial charge in [0, 0.05) is 30.5 Å². The van der Waals surface area contributed by atoms with E-state index in [4.69, 9.17) is 10.5 Å². The van der Waals surface area contributed by atoms with Gasteiger partial charge in [-0.1, -0.05) is 12.1 Å². The lowest BCUT2D eigenvalue weighted by molar-refractivity contribution is 0.407. The fourth-order valence-corrected chi connectivity index (χ4v) is 2.32. The first kappa shape index (κ1) is 14.3. The van der Waals surface area contributed by atoms with E-state index < -0.39 is 0 Å². The summed E-state index contributed by atoms with van der Waals surface area (Å²) in [5.41, 5.74) is 9.22. The highest BCUT2D eigenvalue weighted by Crippen LogP contribution is 2.33. The molecule has 4 heteroatoms. The van der Waals surface area contributed by atoms with Crippen LogP contribution < -0.4 is 15.4 Å². The number of methoxy groups -OCH3 is 1. The molecule has 0 spiro atoms. The number of hydrogen-bond acceptors (Lipinski definition) is 4. The van der Waals surface area contributed by atoms with Gasteiger partial charge in [0.1, 0.15) is 5.75 Å². The molecule has 1 aromatic carbocycles. The first-order valence-corrected chi connectivity index (χ1v) is 6.67. The molecule has 0 saturated heterocycles. The third-order valence-electron chi connectivity index (χ3n) is 3.25. The van der Waals surface area contributed by atoms with E-state index in [9.17, 15) is 0 Å². The monoisotopic (exact) mass is 271 g/mol. The van der Waals surface area contributed by atoms with Gasteiger partial charge in [-0.15, -0.1) is 0 Å². The summed E-state index contributed by atoms with van der Waals surface area (Å²) in [4.78, 5) is 6.50. The zero-order chi connectivity index (χ0) is 14.5. The molecule has 2 rings (SSSR count). The van der Waals surface area contributed by atoms with Crippen LogP contribution in [0.5, 0.6) is 5.75 Å². The SMILES string of the molecule is COc1cccc(N(C)Cc2ccccn2)c1[C@H](C)N. The van der Waals surface area contributed by atoms with Crippen molar-refractivity contribution in [2.75, 3.05) is 19.1 Å². The quantitative estimate of drug-likeness (QED) is 0.908. The molecule has 4 nitrogen and oxygen atoms in total. The van der Waals surface area contributed by atoms with Gasteiger partial charge >= 0.3 is 0 Å². The number of anilines is 1. The van der Waals surface area contributed by atoms with Crippen molar-refractivity contribution in [2.24, 2.45) is 5.73 Å². The summed E-state index contributed by atoms with van der Waals surface area (Å²) in [6, 6.07) is 11.8. The van der Waals surface area contributed by atoms with Crippen molar-refractivity contribution in [3.8, 4) is 5.75 Å². The second kappa shape index (κ2) is 6.39. The standard InChI is InChI=1S/C16H21N3O/c1-12(17)16-14(8-6-9-15(16)20-3)19(2)11-13-7-4-5-10-18-13/h4-10,12H,11,17H2,1-3H3/t12-/m0/s1. The molecule has 20 heavy (non-hydrogen) atoms. The fourth-order valence-electron chi connectivity index (χ4n) is 2.32. The number of hydrogen-bond donors (Lipinski definition) is 1. The molecule has 0 aliphatic rings. The van der Waals surface area contributed by atoms with Gasteiger partial charge in [-0.2, -0.15) is 0 Å². The summed E-state index contributed by atoms with van der Waals surface area (Å²) < 4.78 is 5.43. The topological polar surface area (TPSA) is 51.4 Å². The summed E-state index contributed by atoms with van der Waals surface area (Å²) in [7, 11) is 3.71. The Morgan fingerprint density at radius 2 is 2.05 bits per heavy atom. The maximum absolute atomic E-state index is 6.10. The molecule has 1 atom stereocenters. The van der Waals surface area contributed by atoms with E-state index >= 15 is 0 Å². The van der Waals surface area contributed by atoms with Crippen molar-refractivity contribution in [3.63, 3.8) is 0 Å². The normalized spacial score (nSPS) is 12.0. The zero-order valence-electron chi connectivity index (χ0n) is 12.2. The predicted octanol–water partition coefficient (Wildman–Crippen LogP) is 2.75. The van der Waals surface area contributed by atoms with Crippen LogP contribution >= 0.6 is 0 Å². The molecule has 1 heterocycles. The van der Waals surface area contributed by atoms with Crippen LogP contribution in [0.2, 0.25) is 0 Å². The van der Waals surface area contributed by atoms with Crippen LogP contribution in [-0.2, 0) is 6.54 Å². The molecule has 0 amide bonds. The molecule has 0 aliphatic carbocycles. The Morgan fingerprint density at radius 1 is 1.25 bits per heavy atom. The van der Waals surface area contributed by atoms with Crippen molar-refractivity contribution in [2.45, 2.75) is 19.5 Å². The summed E-state index contributed by atoms with van der Waals surface area (Å²) in [6.45, 7) is 2.70. The van der Waals surface area contributed by atoms with Crippen molar-refractivity contribution < 1.29 is 4.74 Å². The number of pyridine rings is 1. The minimum absolute atomic E-state index is 0.0904. The van der Waals surface area contributed by atoms with Crippen molar-refractivity contribution in [3.05, 3.63) is 53.9 Å². The summed E-state index contributed by atoms with van der Waals surface area (Å²) >= 11 is 0. The van der Waals surface area contributed by atoms with E-state index in [0.29, 0.717) is 0 Å². The van der Waals surface area contributed by atoms with Gasteiger partial charge in [-0.3, -0.25) is 4.98 Å². The minimum atomic E-state index is -0.0904. The Balaban J connectivity index is 2.32. The lowest BCUT2D eigenvalue weighted by atomic mass is 10.0. The third-order valence-corrected chi connectivity index (χ3v) is 3.25. The van der Waals surface area contributed by atoms with E-state index in [0.717, 1.165) is 29.2 Å². The van der Waals surface area contributed by atoms with E-state index in [1.54, 1.807) is 13.3 Å². The molecule has 2 N–H and O–H groups in total. The third kappa shape index (κ3) is 3.08. The minimum Gasteiger partial charge on any atom is -0.496 e. The predicted molar refractivity (Wildman–Crippen MR) is 81.9 cm³/mol. The summed E-state index contributed by atoms with van der Waals surface area (Å²) in [6.07, 6.45) is 1.81. The molecule has 106 valence electrons. The molecule has 0 unspecified atom stereocenters. The lowest BCUT2D eigenvalue weighted by Crippen LogP contribution is -2.21. The second-order valence-corrected chi connectivity index (χ2v) is 4.86. The van der Waals surface area contributed by atoms with Gasteiger partial charge in [0.25, 0.3) is 0 Å². The first-order valence-electron chi connectivity index (χ1n) is 6.67. The van der Waals surface area contributed by atoms with Crippen molar-refractivity contribution >= 4 is 5.69 Å². The van der Waals surface area contributed by atoms with Gasteiger partial charge in [0.05, 0.1) is 19.3 Å². The number of nitrogens with two attached hydrogens (primary N) is 1. The van der Waals surface area contributed by atoms with E-state index in [1.807, 2.05) is 44.3 Å². The average Bonchev–Trinajstić information content (AvgIpc) is 2.47. The number of benzene rings is 1. The Morgan fingerprint density at radius 3 is 2.65 bits per heavy atom. The van der Waals surface area contributed by atoms with Gasteiger partial charge in [-0.05, 0) is 31.2 Å². The molecule has 0 aliphatic heterocycles. The molecule has 0 fully saturated rings. The van der Waals surface area contributed by atoms with Gasteiger partial charge in [-0.25, -0.2) is 0 Å². The van der Waals surface area contributed by atoms with E-state index in [1.165, 1.54) is 0 Å². The number of aromatic nitrogens is 1. The van der Waals surface area contributed by atoms with Crippen LogP contribution in [0.15, 0.2) is 42.6 Å². The van der Waals surface area contributed by atoms with Crippen molar-refractivity contribution in [1.82, 2.24) is 4.98 Å². The highest BCUT2D eigenvalue weighted by molar-refractivity contribution is 5.60. The maximum Gasteiger partial charge on any atom is 0.125 e. The highest BCUT2D eigenvalue weighted by atomic mass is 16.5. The molecular weight excluding hydrogens is 250 g/mol. The first-order chi connectivity index (χ1) is 9.63. The van der Waals surface area contributed by atoms with E-state index in [-0.39, 0.29) is 6.04 Å². The molecule has 1 aromatic heterocycles. The smallest absolute Gasteiger partial charge is 0.125 e. The Labute approximate surface area is 120 Å². The molecule has 0 radical (unpaired) electrons. The lowest BCUT2D eigenvalue weighted by Gasteiger charge is -2.25. The Hall–Kier alpha value is -2.07. The second-order valence-electron chi connectivity index (χ2n) is 4.86. The van der Waals surface area contributed by atoms with E-state index in [2.05, 4.69) is 16.0 Å². The zero-order valence-corrected chi connectivity index (χ0v) is 12.2. The van der Waals surface area contributed by atoms with Crippen LogP contribution in [0, 0.1) is 0 Å². The largest absolute Gasteiger partial charge is 0.496 e. The highest BCUT2D eigenvalue weighted by Gasteiger charge is 2.16. The average molecular weight is 271 g/mol. The molecule has 0 saturated carbocycles. The van der Waals surface area contributed by atoms with Crippen LogP contribution in [0.3, 0.4) is 0 Å². The van der Waals surface area contributed by atoms with Crippen LogP contribution in [0.1, 0.15) is 24.2 Å². The van der Waals surface area contributed by atoms with Crippen LogP contribution in [-0.4, -0.2) is 19.1 Å². The molecule has 0 bridgehead atoms. The number of ether oxygens (including phenoxy) is 1.